The molecule has 110 valence electrons. The van der Waals surface area contributed by atoms with Gasteiger partial charge in [0.15, 0.2) is 0 Å². The van der Waals surface area contributed by atoms with Gasteiger partial charge in [0.25, 0.3) is 0 Å². The van der Waals surface area contributed by atoms with Crippen molar-refractivity contribution in [2.45, 2.75) is 51.0 Å². The van der Waals surface area contributed by atoms with Crippen LogP contribution in [0.4, 0.5) is 0 Å². The summed E-state index contributed by atoms with van der Waals surface area (Å²) in [5.74, 6) is 0. The molecule has 1 unspecified atom stereocenters. The molecule has 0 aliphatic heterocycles. The smallest absolute Gasteiger partial charge is 0.137 e. The first-order valence-electron chi connectivity index (χ1n) is 7.78. The van der Waals surface area contributed by atoms with Crippen LogP contribution in [0, 0.1) is 16.7 Å². The van der Waals surface area contributed by atoms with Crippen LogP contribution in [-0.2, 0) is 0 Å². The van der Waals surface area contributed by atoms with Crippen LogP contribution in [0.2, 0.25) is 0 Å². The Kier molecular flexibility index (Phi) is 3.94. The van der Waals surface area contributed by atoms with E-state index in [1.807, 2.05) is 35.0 Å². The Morgan fingerprint density at radius 3 is 2.57 bits per heavy atom. The molecule has 2 heterocycles. The summed E-state index contributed by atoms with van der Waals surface area (Å²) in [6.07, 6.45) is 10.1. The van der Waals surface area contributed by atoms with Crippen molar-refractivity contribution in [1.29, 1.82) is 5.26 Å². The van der Waals surface area contributed by atoms with Gasteiger partial charge in [0.05, 0.1) is 17.2 Å². The number of aliphatic hydroxyl groups excluding tert-OH is 1. The van der Waals surface area contributed by atoms with Crippen molar-refractivity contribution in [2.75, 3.05) is 0 Å². The summed E-state index contributed by atoms with van der Waals surface area (Å²) in [5.41, 5.74) is 0.743. The molecule has 2 aromatic rings. The summed E-state index contributed by atoms with van der Waals surface area (Å²) < 4.78 is 1.90. The van der Waals surface area contributed by atoms with E-state index in [0.717, 1.165) is 44.2 Å². The number of fused-ring (bicyclic) bond motifs is 1. The SMILES string of the molecule is N#CC1(C(O)c2cn3ccccc3n2)CCCCCCC1. The summed E-state index contributed by atoms with van der Waals surface area (Å²) in [5, 5.41) is 20.5. The first-order chi connectivity index (χ1) is 10.2. The lowest BCUT2D eigenvalue weighted by atomic mass is 9.72. The minimum Gasteiger partial charge on any atom is -0.385 e. The van der Waals surface area contributed by atoms with Crippen molar-refractivity contribution in [3.05, 3.63) is 36.3 Å². The second-order valence-electron chi connectivity index (χ2n) is 6.07. The van der Waals surface area contributed by atoms with Gasteiger partial charge in [0.1, 0.15) is 11.8 Å². The third-order valence-corrected chi connectivity index (χ3v) is 4.65. The van der Waals surface area contributed by atoms with E-state index in [2.05, 4.69) is 11.1 Å². The van der Waals surface area contributed by atoms with Gasteiger partial charge in [-0.25, -0.2) is 4.98 Å². The number of nitriles is 1. The van der Waals surface area contributed by atoms with Crippen molar-refractivity contribution in [3.8, 4) is 6.07 Å². The predicted octanol–water partition coefficient (Wildman–Crippen LogP) is 3.62. The van der Waals surface area contributed by atoms with E-state index < -0.39 is 11.5 Å². The summed E-state index contributed by atoms with van der Waals surface area (Å²) in [7, 11) is 0. The third-order valence-electron chi connectivity index (χ3n) is 4.65. The molecule has 1 saturated carbocycles. The Balaban J connectivity index is 1.93. The molecule has 0 bridgehead atoms. The zero-order valence-electron chi connectivity index (χ0n) is 12.2. The molecule has 3 rings (SSSR count). The summed E-state index contributed by atoms with van der Waals surface area (Å²) in [6.45, 7) is 0. The Labute approximate surface area is 125 Å². The lowest BCUT2D eigenvalue weighted by Gasteiger charge is -2.32. The molecule has 1 N–H and O–H groups in total. The maximum absolute atomic E-state index is 10.8. The minimum absolute atomic E-state index is 0.614. The van der Waals surface area contributed by atoms with Gasteiger partial charge in [0.2, 0.25) is 0 Å². The Morgan fingerprint density at radius 1 is 1.19 bits per heavy atom. The largest absolute Gasteiger partial charge is 0.385 e. The molecule has 1 aliphatic carbocycles. The van der Waals surface area contributed by atoms with Crippen LogP contribution in [0.15, 0.2) is 30.6 Å². The number of imidazole rings is 1. The van der Waals surface area contributed by atoms with E-state index in [-0.39, 0.29) is 0 Å². The molecule has 0 spiro atoms. The van der Waals surface area contributed by atoms with E-state index >= 15 is 0 Å². The molecule has 4 heteroatoms. The van der Waals surface area contributed by atoms with Crippen LogP contribution in [0.5, 0.6) is 0 Å². The minimum atomic E-state index is -0.805. The first kappa shape index (κ1) is 14.1. The van der Waals surface area contributed by atoms with Gasteiger partial charge in [-0.1, -0.05) is 38.2 Å². The van der Waals surface area contributed by atoms with E-state index in [9.17, 15) is 10.4 Å². The molecule has 1 atom stereocenters. The van der Waals surface area contributed by atoms with Gasteiger partial charge < -0.3 is 9.51 Å². The Morgan fingerprint density at radius 2 is 1.90 bits per heavy atom. The number of pyridine rings is 1. The van der Waals surface area contributed by atoms with Gasteiger partial charge in [-0.3, -0.25) is 0 Å². The van der Waals surface area contributed by atoms with E-state index in [4.69, 9.17) is 0 Å². The van der Waals surface area contributed by atoms with Gasteiger partial charge in [-0.05, 0) is 25.0 Å². The zero-order chi connectivity index (χ0) is 14.7. The highest BCUT2D eigenvalue weighted by Crippen LogP contribution is 2.43. The van der Waals surface area contributed by atoms with Crippen LogP contribution in [0.1, 0.15) is 56.7 Å². The Hall–Kier alpha value is -1.86. The number of hydrogen-bond donors (Lipinski definition) is 1. The third kappa shape index (κ3) is 2.66. The highest BCUT2D eigenvalue weighted by atomic mass is 16.3. The zero-order valence-corrected chi connectivity index (χ0v) is 12.2. The van der Waals surface area contributed by atoms with Gasteiger partial charge >= 0.3 is 0 Å². The monoisotopic (exact) mass is 283 g/mol. The second-order valence-corrected chi connectivity index (χ2v) is 6.07. The van der Waals surface area contributed by atoms with Crippen LogP contribution >= 0.6 is 0 Å². The van der Waals surface area contributed by atoms with Crippen molar-refractivity contribution in [1.82, 2.24) is 9.38 Å². The van der Waals surface area contributed by atoms with Crippen molar-refractivity contribution in [2.24, 2.45) is 5.41 Å². The molecule has 1 aliphatic rings. The van der Waals surface area contributed by atoms with Crippen LogP contribution < -0.4 is 0 Å². The first-order valence-corrected chi connectivity index (χ1v) is 7.78. The Bertz CT molecular complexity index is 614. The van der Waals surface area contributed by atoms with E-state index in [1.54, 1.807) is 0 Å². The number of nitrogens with zero attached hydrogens (tertiary/aromatic N) is 3. The summed E-state index contributed by atoms with van der Waals surface area (Å²) in [4.78, 5) is 4.50. The molecule has 0 aromatic carbocycles. The van der Waals surface area contributed by atoms with Crippen LogP contribution in [0.25, 0.3) is 5.65 Å². The maximum Gasteiger partial charge on any atom is 0.137 e. The number of aliphatic hydroxyl groups is 1. The molecule has 0 amide bonds. The standard InChI is InChI=1S/C17H21N3O/c18-13-17(9-5-2-1-3-6-10-17)16(21)14-12-20-11-7-4-8-15(20)19-14/h4,7-8,11-12,16,21H,1-3,5-6,9-10H2. The normalized spacial score (nSPS) is 20.4. The van der Waals surface area contributed by atoms with E-state index in [0.29, 0.717) is 5.69 Å². The average molecular weight is 283 g/mol. The molecule has 0 saturated heterocycles. The lowest BCUT2D eigenvalue weighted by Crippen LogP contribution is -2.28. The molecule has 2 aromatic heterocycles. The molecule has 0 radical (unpaired) electrons. The summed E-state index contributed by atoms with van der Waals surface area (Å²) in [6, 6.07) is 8.19. The van der Waals surface area contributed by atoms with Crippen LogP contribution in [-0.4, -0.2) is 14.5 Å². The van der Waals surface area contributed by atoms with Gasteiger partial charge in [-0.2, -0.15) is 5.26 Å². The fourth-order valence-corrected chi connectivity index (χ4v) is 3.35. The van der Waals surface area contributed by atoms with Gasteiger partial charge in [0, 0.05) is 12.4 Å². The fourth-order valence-electron chi connectivity index (χ4n) is 3.35. The number of aromatic nitrogens is 2. The van der Waals surface area contributed by atoms with Gasteiger partial charge in [-0.15, -0.1) is 0 Å². The summed E-state index contributed by atoms with van der Waals surface area (Å²) >= 11 is 0. The van der Waals surface area contributed by atoms with Crippen molar-refractivity contribution in [3.63, 3.8) is 0 Å². The average Bonchev–Trinajstić information content (AvgIpc) is 2.91. The second kappa shape index (κ2) is 5.87. The predicted molar refractivity (Wildman–Crippen MR) is 80.5 cm³/mol. The molecule has 21 heavy (non-hydrogen) atoms. The molecular formula is C17H21N3O. The highest BCUT2D eigenvalue weighted by Gasteiger charge is 2.40. The molecule has 1 fully saturated rings. The van der Waals surface area contributed by atoms with Crippen LogP contribution in [0.3, 0.4) is 0 Å². The number of hydrogen-bond acceptors (Lipinski definition) is 3. The molecule has 4 nitrogen and oxygen atoms in total. The quantitative estimate of drug-likeness (QED) is 0.915. The highest BCUT2D eigenvalue weighted by molar-refractivity contribution is 5.40. The topological polar surface area (TPSA) is 61.3 Å². The number of rotatable bonds is 2. The molecular weight excluding hydrogens is 262 g/mol. The van der Waals surface area contributed by atoms with Crippen molar-refractivity contribution >= 4 is 5.65 Å². The fraction of sp³-hybridized carbons (Fsp3) is 0.529. The van der Waals surface area contributed by atoms with Crippen molar-refractivity contribution < 1.29 is 5.11 Å². The van der Waals surface area contributed by atoms with E-state index in [1.165, 1.54) is 6.42 Å². The lowest BCUT2D eigenvalue weighted by molar-refractivity contribution is 0.0405. The maximum atomic E-state index is 10.8.